The molecule has 0 N–H and O–H groups in total. The van der Waals surface area contributed by atoms with E-state index < -0.39 is 35.1 Å². The summed E-state index contributed by atoms with van der Waals surface area (Å²) in [6, 6.07) is 20.2. The molecule has 2 saturated heterocycles. The molecular formula is C46H52ClF4N7O5. The van der Waals surface area contributed by atoms with E-state index in [-0.39, 0.29) is 53.2 Å². The van der Waals surface area contributed by atoms with E-state index in [1.165, 1.54) is 12.1 Å². The Labute approximate surface area is 369 Å². The Hall–Kier alpha value is -5.61. The zero-order valence-electron chi connectivity index (χ0n) is 36.4. The molecule has 17 heteroatoms. The van der Waals surface area contributed by atoms with Gasteiger partial charge in [-0.3, -0.25) is 4.90 Å². The van der Waals surface area contributed by atoms with E-state index in [0.29, 0.717) is 62.0 Å². The van der Waals surface area contributed by atoms with Gasteiger partial charge in [-0.15, -0.1) is 0 Å². The van der Waals surface area contributed by atoms with Crippen LogP contribution in [0.25, 0.3) is 22.2 Å². The molecule has 2 atom stereocenters. The number of carbonyl (C=O) groups is 1. The number of ether oxygens (including phenoxy) is 4. The molecule has 4 heterocycles. The molecule has 63 heavy (non-hydrogen) atoms. The third kappa shape index (κ3) is 10.6. The van der Waals surface area contributed by atoms with E-state index in [4.69, 9.17) is 45.5 Å². The van der Waals surface area contributed by atoms with Crippen molar-refractivity contribution in [2.24, 2.45) is 0 Å². The normalized spacial score (nSPS) is 18.4. The Morgan fingerprint density at radius 2 is 1.48 bits per heavy atom. The SMILES string of the molecule is COc1ccc(CN(Cc2ccc(OC)cc2)c2ccc(C(F)(F)F)c(-c3cc4nc(OCC5(C)C[C@@H](F)CN5C)nc(N5CCN(C(=O)OC(C)(C)C)CC5)c4cc3Cl)n2)cc1. The Balaban J connectivity index is 1.31. The van der Waals surface area contributed by atoms with Crippen LogP contribution in [-0.4, -0.2) is 109 Å². The number of piperazine rings is 1. The predicted molar refractivity (Wildman–Crippen MR) is 235 cm³/mol. The first kappa shape index (κ1) is 45.4. The van der Waals surface area contributed by atoms with Crippen molar-refractivity contribution in [3.05, 3.63) is 94.5 Å². The lowest BCUT2D eigenvalue weighted by molar-refractivity contribution is -0.137. The van der Waals surface area contributed by atoms with Crippen LogP contribution in [0, 0.1) is 0 Å². The first-order valence-electron chi connectivity index (χ1n) is 20.6. The van der Waals surface area contributed by atoms with Crippen LogP contribution in [0.1, 0.15) is 50.8 Å². The summed E-state index contributed by atoms with van der Waals surface area (Å²) in [7, 11) is 4.97. The fourth-order valence-electron chi connectivity index (χ4n) is 7.81. The first-order valence-corrected chi connectivity index (χ1v) is 21.0. The summed E-state index contributed by atoms with van der Waals surface area (Å²) in [4.78, 5) is 34.5. The van der Waals surface area contributed by atoms with Gasteiger partial charge in [0.25, 0.3) is 0 Å². The number of anilines is 2. The molecule has 0 radical (unpaired) electrons. The molecule has 336 valence electrons. The zero-order chi connectivity index (χ0) is 45.3. The average molecular weight is 894 g/mol. The van der Waals surface area contributed by atoms with E-state index in [1.807, 2.05) is 77.2 Å². The topological polar surface area (TPSA) is 106 Å². The number of fused-ring (bicyclic) bond motifs is 1. The Morgan fingerprint density at radius 3 is 2.00 bits per heavy atom. The van der Waals surface area contributed by atoms with Crippen molar-refractivity contribution in [1.29, 1.82) is 0 Å². The quantitative estimate of drug-likeness (QED) is 0.112. The van der Waals surface area contributed by atoms with Crippen molar-refractivity contribution in [3.63, 3.8) is 0 Å². The van der Waals surface area contributed by atoms with Crippen LogP contribution in [-0.2, 0) is 24.0 Å². The van der Waals surface area contributed by atoms with Gasteiger partial charge in [0.05, 0.1) is 41.6 Å². The molecule has 0 saturated carbocycles. The number of hydrogen-bond acceptors (Lipinski definition) is 11. The summed E-state index contributed by atoms with van der Waals surface area (Å²) >= 11 is 7.02. The number of benzene rings is 3. The average Bonchev–Trinajstić information content (AvgIpc) is 3.51. The third-order valence-electron chi connectivity index (χ3n) is 11.4. The summed E-state index contributed by atoms with van der Waals surface area (Å²) < 4.78 is 82.0. The highest BCUT2D eigenvalue weighted by Gasteiger charge is 2.41. The molecule has 3 aromatic carbocycles. The van der Waals surface area contributed by atoms with Crippen molar-refractivity contribution in [1.82, 2.24) is 24.8 Å². The summed E-state index contributed by atoms with van der Waals surface area (Å²) in [6.45, 7) is 9.55. The maximum atomic E-state index is 15.0. The number of methoxy groups -OCH3 is 2. The Kier molecular flexibility index (Phi) is 13.1. The highest BCUT2D eigenvalue weighted by atomic mass is 35.5. The molecule has 12 nitrogen and oxygen atoms in total. The van der Waals surface area contributed by atoms with Crippen LogP contribution >= 0.6 is 11.6 Å². The van der Waals surface area contributed by atoms with E-state index >= 15 is 13.2 Å². The van der Waals surface area contributed by atoms with Gasteiger partial charge in [-0.1, -0.05) is 35.9 Å². The number of carbonyl (C=O) groups excluding carboxylic acids is 1. The van der Waals surface area contributed by atoms with Crippen LogP contribution in [0.5, 0.6) is 17.5 Å². The van der Waals surface area contributed by atoms with Crippen molar-refractivity contribution in [2.75, 3.05) is 70.4 Å². The number of hydrogen-bond donors (Lipinski definition) is 0. The molecule has 2 aliphatic heterocycles. The van der Waals surface area contributed by atoms with Crippen molar-refractivity contribution in [2.45, 2.75) is 70.7 Å². The van der Waals surface area contributed by atoms with Crippen LogP contribution in [0.4, 0.5) is 34.0 Å². The van der Waals surface area contributed by atoms with Crippen molar-refractivity contribution < 1.29 is 41.3 Å². The number of alkyl halides is 4. The largest absolute Gasteiger partial charge is 0.497 e. The number of amides is 1. The lowest BCUT2D eigenvalue weighted by Gasteiger charge is -2.36. The smallest absolute Gasteiger partial charge is 0.418 e. The maximum Gasteiger partial charge on any atom is 0.418 e. The molecular weight excluding hydrogens is 842 g/mol. The molecule has 0 aliphatic carbocycles. The molecule has 2 aromatic heterocycles. The van der Waals surface area contributed by atoms with Gasteiger partial charge in [0.15, 0.2) is 0 Å². The number of rotatable bonds is 12. The van der Waals surface area contributed by atoms with Crippen LogP contribution in [0.3, 0.4) is 0 Å². The van der Waals surface area contributed by atoms with E-state index in [9.17, 15) is 9.18 Å². The lowest BCUT2D eigenvalue weighted by atomic mass is 10.0. The zero-order valence-corrected chi connectivity index (χ0v) is 37.2. The fourth-order valence-corrected chi connectivity index (χ4v) is 8.06. The van der Waals surface area contributed by atoms with Crippen molar-refractivity contribution in [3.8, 4) is 28.8 Å². The number of likely N-dealkylation sites (tertiary alicyclic amines) is 1. The monoisotopic (exact) mass is 893 g/mol. The molecule has 7 rings (SSSR count). The summed E-state index contributed by atoms with van der Waals surface area (Å²) in [5.41, 5.74) is -0.689. The van der Waals surface area contributed by atoms with Gasteiger partial charge in [-0.2, -0.15) is 23.1 Å². The molecule has 2 aliphatic rings. The summed E-state index contributed by atoms with van der Waals surface area (Å²) in [5, 5.41) is 0.453. The van der Waals surface area contributed by atoms with Crippen LogP contribution in [0.15, 0.2) is 72.8 Å². The molecule has 0 spiro atoms. The third-order valence-corrected chi connectivity index (χ3v) is 11.7. The standard InChI is InChI=1S/C46H52ClF4N7O5/c1-44(2,3)63-43(59)57-20-18-56(19-21-57)41-35-22-37(47)34(23-38(35)52-42(54-41)62-28-45(4)24-31(48)27-55(45)5)40-36(46(49,50)51)16-17-39(53-40)58(25-29-8-12-32(60-6)13-9-29)26-30-10-14-33(61-7)15-11-30/h8-17,22-23,31H,18-21,24-28H2,1-7H3/t31-,45?/m1/s1. The molecule has 1 unspecified atom stereocenters. The van der Waals surface area contributed by atoms with Gasteiger partial charge in [-0.05, 0) is 94.4 Å². The Bertz CT molecular complexity index is 2360. The number of likely N-dealkylation sites (N-methyl/N-ethyl adjacent to an activating group) is 1. The number of pyridine rings is 1. The van der Waals surface area contributed by atoms with Crippen LogP contribution < -0.4 is 24.0 Å². The van der Waals surface area contributed by atoms with Gasteiger partial charge >= 0.3 is 18.3 Å². The van der Waals surface area contributed by atoms with Gasteiger partial charge in [0.2, 0.25) is 0 Å². The van der Waals surface area contributed by atoms with Gasteiger partial charge < -0.3 is 33.6 Å². The second-order valence-corrected chi connectivity index (χ2v) is 17.6. The molecule has 1 amide bonds. The molecule has 0 bridgehead atoms. The number of aromatic nitrogens is 3. The van der Waals surface area contributed by atoms with E-state index in [1.54, 1.807) is 46.0 Å². The van der Waals surface area contributed by atoms with E-state index in [0.717, 1.165) is 17.2 Å². The van der Waals surface area contributed by atoms with Crippen LogP contribution in [0.2, 0.25) is 5.02 Å². The fraction of sp³-hybridized carbons (Fsp3) is 0.435. The van der Waals surface area contributed by atoms with E-state index in [2.05, 4.69) is 0 Å². The highest BCUT2D eigenvalue weighted by Crippen LogP contribution is 2.43. The summed E-state index contributed by atoms with van der Waals surface area (Å²) in [6.07, 6.45) is -6.02. The van der Waals surface area contributed by atoms with Gasteiger partial charge in [0, 0.05) is 63.2 Å². The Morgan fingerprint density at radius 1 is 0.873 bits per heavy atom. The second-order valence-electron chi connectivity index (χ2n) is 17.2. The highest BCUT2D eigenvalue weighted by molar-refractivity contribution is 6.34. The minimum absolute atomic E-state index is 0.000269. The molecule has 2 fully saturated rings. The van der Waals surface area contributed by atoms with Crippen molar-refractivity contribution >= 4 is 40.2 Å². The number of halogens is 5. The summed E-state index contributed by atoms with van der Waals surface area (Å²) in [5.74, 6) is 2.02. The minimum Gasteiger partial charge on any atom is -0.497 e. The lowest BCUT2D eigenvalue weighted by Crippen LogP contribution is -2.50. The predicted octanol–water partition coefficient (Wildman–Crippen LogP) is 9.46. The molecule has 5 aromatic rings. The van der Waals surface area contributed by atoms with Gasteiger partial charge in [0.1, 0.15) is 41.5 Å². The number of nitrogens with zero attached hydrogens (tertiary/aromatic N) is 7. The maximum absolute atomic E-state index is 15.0. The van der Waals surface area contributed by atoms with Gasteiger partial charge in [-0.25, -0.2) is 14.2 Å². The minimum atomic E-state index is -4.80. The first-order chi connectivity index (χ1) is 29.8. The second kappa shape index (κ2) is 18.2.